The average Bonchev–Trinajstić information content (AvgIpc) is 3.21. The van der Waals surface area contributed by atoms with E-state index in [1.54, 1.807) is 35.8 Å². The summed E-state index contributed by atoms with van der Waals surface area (Å²) in [5, 5.41) is 13.2. The Kier molecular flexibility index (Phi) is 5.24. The zero-order valence-corrected chi connectivity index (χ0v) is 19.3. The Morgan fingerprint density at radius 2 is 2.11 bits per heavy atom. The molecule has 1 aromatic carbocycles. The van der Waals surface area contributed by atoms with Crippen molar-refractivity contribution in [2.45, 2.75) is 45.4 Å². The molecule has 0 radical (unpaired) electrons. The van der Waals surface area contributed by atoms with Gasteiger partial charge in [0.15, 0.2) is 0 Å². The van der Waals surface area contributed by atoms with Gasteiger partial charge in [0.1, 0.15) is 12.4 Å². The number of carbonyl (C=O) groups excluding carboxylic acids is 2. The first-order chi connectivity index (χ1) is 16.8. The van der Waals surface area contributed by atoms with E-state index in [9.17, 15) is 19.5 Å². The molecule has 2 N–H and O–H groups in total. The van der Waals surface area contributed by atoms with Crippen molar-refractivity contribution in [2.24, 2.45) is 0 Å². The second-order valence-electron chi connectivity index (χ2n) is 8.49. The van der Waals surface area contributed by atoms with E-state index in [4.69, 9.17) is 20.9 Å². The van der Waals surface area contributed by atoms with Gasteiger partial charge in [0, 0.05) is 16.5 Å². The Bertz CT molecular complexity index is 1520. The number of hydrogen-bond acceptors (Lipinski definition) is 7. The molecule has 3 aromatic rings. The number of alkyl carbamates (subject to hydrolysis) is 1. The molecular formula is C26H23N3O6. The molecule has 0 unspecified atom stereocenters. The maximum Gasteiger partial charge on any atom is 0.409 e. The number of phenols is 1. The maximum absolute atomic E-state index is 13.6. The van der Waals surface area contributed by atoms with Gasteiger partial charge in [0.25, 0.3) is 5.56 Å². The highest BCUT2D eigenvalue weighted by Crippen LogP contribution is 2.42. The Labute approximate surface area is 200 Å². The van der Waals surface area contributed by atoms with Crippen molar-refractivity contribution in [3.05, 3.63) is 56.9 Å². The Morgan fingerprint density at radius 1 is 1.31 bits per heavy atom. The minimum absolute atomic E-state index is 0.0582. The molecule has 4 heterocycles. The summed E-state index contributed by atoms with van der Waals surface area (Å²) in [5.74, 6) is 1.67. The number of cyclic esters (lactones) is 1. The summed E-state index contributed by atoms with van der Waals surface area (Å²) in [4.78, 5) is 43.8. The van der Waals surface area contributed by atoms with Crippen molar-refractivity contribution in [1.29, 1.82) is 0 Å². The molecule has 0 aliphatic carbocycles. The molecule has 35 heavy (non-hydrogen) atoms. The summed E-state index contributed by atoms with van der Waals surface area (Å²) in [6.45, 7) is 3.69. The first kappa shape index (κ1) is 22.5. The molecular weight excluding hydrogens is 450 g/mol. The third kappa shape index (κ3) is 3.25. The van der Waals surface area contributed by atoms with Crippen LogP contribution in [0.1, 0.15) is 42.5 Å². The average molecular weight is 473 g/mol. The number of aromatic nitrogens is 2. The lowest BCUT2D eigenvalue weighted by atomic mass is 9.85. The molecule has 2 aliphatic rings. The minimum Gasteiger partial charge on any atom is -0.508 e. The monoisotopic (exact) mass is 473 g/mol. The van der Waals surface area contributed by atoms with Crippen LogP contribution in [0.4, 0.5) is 4.79 Å². The van der Waals surface area contributed by atoms with Crippen molar-refractivity contribution in [2.75, 3.05) is 6.54 Å². The highest BCUT2D eigenvalue weighted by molar-refractivity contribution is 5.90. The van der Waals surface area contributed by atoms with Crippen LogP contribution in [0.5, 0.6) is 5.75 Å². The number of carbonyl (C=O) groups is 2. The molecule has 2 aromatic heterocycles. The first-order valence-electron chi connectivity index (χ1n) is 11.3. The van der Waals surface area contributed by atoms with Gasteiger partial charge in [-0.3, -0.25) is 4.79 Å². The van der Waals surface area contributed by atoms with Gasteiger partial charge >= 0.3 is 12.1 Å². The zero-order chi connectivity index (χ0) is 24.9. The lowest BCUT2D eigenvalue weighted by molar-refractivity contribution is -0.172. The predicted molar refractivity (Wildman–Crippen MR) is 127 cm³/mol. The fourth-order valence-electron chi connectivity index (χ4n) is 5.03. The van der Waals surface area contributed by atoms with Crippen LogP contribution in [0.15, 0.2) is 29.1 Å². The number of fused-ring (bicyclic) bond motifs is 5. The zero-order valence-electron chi connectivity index (χ0n) is 19.3. The van der Waals surface area contributed by atoms with Crippen molar-refractivity contribution >= 4 is 23.0 Å². The quantitative estimate of drug-likeness (QED) is 0.345. The van der Waals surface area contributed by atoms with Gasteiger partial charge < -0.3 is 24.5 Å². The van der Waals surface area contributed by atoms with E-state index in [0.29, 0.717) is 35.4 Å². The number of esters is 1. The highest BCUT2D eigenvalue weighted by Gasteiger charge is 2.50. The molecule has 9 nitrogen and oxygen atoms in total. The molecule has 5 rings (SSSR count). The number of aryl methyl sites for hydroxylation is 1. The standard InChI is InChI=1S/C26H23N3O6/c1-4-9-27-25(33)35-26(6-3)19-11-21-22-17(12-29(21)23(31)18(19)13-34-24(26)32)15(5-2)16-10-14(30)7-8-20(16)28-22/h1,7-8,10-11,30H,5-6,9,12-13H2,2-3H3,(H,27,33)/t26-/m0/s1. The number of benzene rings is 1. The van der Waals surface area contributed by atoms with Gasteiger partial charge in [0.05, 0.1) is 35.6 Å². The van der Waals surface area contributed by atoms with Crippen LogP contribution >= 0.6 is 0 Å². The number of nitrogens with one attached hydrogen (secondary N) is 1. The normalized spacial score (nSPS) is 17.7. The second kappa shape index (κ2) is 8.17. The number of hydrogen-bond donors (Lipinski definition) is 2. The lowest BCUT2D eigenvalue weighted by Gasteiger charge is -2.35. The van der Waals surface area contributed by atoms with Crippen molar-refractivity contribution in [1.82, 2.24) is 14.9 Å². The fourth-order valence-corrected chi connectivity index (χ4v) is 5.03. The summed E-state index contributed by atoms with van der Waals surface area (Å²) >= 11 is 0. The van der Waals surface area contributed by atoms with E-state index < -0.39 is 17.7 Å². The van der Waals surface area contributed by atoms with Crippen molar-refractivity contribution in [3.8, 4) is 29.5 Å². The molecule has 0 fully saturated rings. The number of phenolic OH excluding ortho intramolecular Hbond substituents is 1. The Balaban J connectivity index is 1.73. The molecule has 0 saturated heterocycles. The second-order valence-corrected chi connectivity index (χ2v) is 8.49. The van der Waals surface area contributed by atoms with Crippen molar-refractivity contribution in [3.63, 3.8) is 0 Å². The van der Waals surface area contributed by atoms with E-state index in [-0.39, 0.29) is 36.4 Å². The Hall–Kier alpha value is -4.32. The SMILES string of the molecule is C#CCNC(=O)O[C@]1(CC)C(=O)OCc2c1cc1n(c2=O)Cc2c-1nc1ccc(O)cc1c2CC. The molecule has 0 saturated carbocycles. The summed E-state index contributed by atoms with van der Waals surface area (Å²) in [5.41, 5.74) is 2.14. The fraction of sp³-hybridized carbons (Fsp3) is 0.308. The number of aromatic hydroxyl groups is 1. The maximum atomic E-state index is 13.6. The number of amides is 1. The van der Waals surface area contributed by atoms with Gasteiger partial charge in [-0.2, -0.15) is 0 Å². The van der Waals surface area contributed by atoms with Crippen LogP contribution in [-0.4, -0.2) is 33.3 Å². The number of ether oxygens (including phenoxy) is 2. The number of terminal acetylenes is 1. The molecule has 2 aliphatic heterocycles. The van der Waals surface area contributed by atoms with Crippen LogP contribution < -0.4 is 10.9 Å². The number of rotatable bonds is 4. The smallest absolute Gasteiger partial charge is 0.409 e. The van der Waals surface area contributed by atoms with Gasteiger partial charge in [-0.25, -0.2) is 14.6 Å². The molecule has 1 atom stereocenters. The largest absolute Gasteiger partial charge is 0.508 e. The van der Waals surface area contributed by atoms with E-state index in [2.05, 4.69) is 11.2 Å². The molecule has 178 valence electrons. The predicted octanol–water partition coefficient (Wildman–Crippen LogP) is 2.71. The van der Waals surface area contributed by atoms with Gasteiger partial charge in [-0.05, 0) is 42.7 Å². The summed E-state index contributed by atoms with van der Waals surface area (Å²) < 4.78 is 12.5. The third-order valence-electron chi connectivity index (χ3n) is 6.71. The molecule has 9 heteroatoms. The number of pyridine rings is 2. The van der Waals surface area contributed by atoms with Gasteiger partial charge in [0.2, 0.25) is 5.60 Å². The summed E-state index contributed by atoms with van der Waals surface area (Å²) in [6, 6.07) is 6.68. The van der Waals surface area contributed by atoms with Crippen LogP contribution in [0.2, 0.25) is 0 Å². The summed E-state index contributed by atoms with van der Waals surface area (Å²) in [7, 11) is 0. The van der Waals surface area contributed by atoms with E-state index in [1.807, 2.05) is 6.92 Å². The molecule has 0 spiro atoms. The molecule has 1 amide bonds. The van der Waals surface area contributed by atoms with Crippen LogP contribution in [-0.2, 0) is 39.4 Å². The lowest BCUT2D eigenvalue weighted by Crippen LogP contribution is -2.49. The number of nitrogens with zero attached hydrogens (tertiary/aromatic N) is 2. The van der Waals surface area contributed by atoms with Crippen LogP contribution in [0.25, 0.3) is 22.3 Å². The summed E-state index contributed by atoms with van der Waals surface area (Å²) in [6.07, 6.45) is 5.05. The van der Waals surface area contributed by atoms with E-state index >= 15 is 0 Å². The minimum atomic E-state index is -1.79. The third-order valence-corrected chi connectivity index (χ3v) is 6.71. The van der Waals surface area contributed by atoms with E-state index in [0.717, 1.165) is 16.5 Å². The van der Waals surface area contributed by atoms with Crippen LogP contribution in [0.3, 0.4) is 0 Å². The van der Waals surface area contributed by atoms with Crippen LogP contribution in [0, 0.1) is 12.3 Å². The topological polar surface area (TPSA) is 120 Å². The Morgan fingerprint density at radius 3 is 2.83 bits per heavy atom. The van der Waals surface area contributed by atoms with Gasteiger partial charge in [-0.15, -0.1) is 6.42 Å². The van der Waals surface area contributed by atoms with Gasteiger partial charge in [-0.1, -0.05) is 19.8 Å². The molecule has 0 bridgehead atoms. The van der Waals surface area contributed by atoms with E-state index in [1.165, 1.54) is 0 Å². The van der Waals surface area contributed by atoms with Crippen molar-refractivity contribution < 1.29 is 24.2 Å². The first-order valence-corrected chi connectivity index (χ1v) is 11.3. The highest BCUT2D eigenvalue weighted by atomic mass is 16.6.